The molecule has 1 amide bonds. The van der Waals surface area contributed by atoms with Gasteiger partial charge in [0.1, 0.15) is 23.5 Å². The van der Waals surface area contributed by atoms with Crippen molar-refractivity contribution in [3.05, 3.63) is 29.8 Å². The Balaban J connectivity index is 2.12. The zero-order valence-corrected chi connectivity index (χ0v) is 16.4. The van der Waals surface area contributed by atoms with Crippen LogP contribution in [-0.4, -0.2) is 46.4 Å². The Morgan fingerprint density at radius 2 is 1.81 bits per heavy atom. The van der Waals surface area contributed by atoms with Gasteiger partial charge in [-0.2, -0.15) is 0 Å². The predicted molar refractivity (Wildman–Crippen MR) is 98.5 cm³/mol. The molecule has 2 rings (SSSR count). The summed E-state index contributed by atoms with van der Waals surface area (Å²) in [5.41, 5.74) is 0.438. The standard InChI is InChI=1S/C20H29NO5/c1-19(2,3)13-8-7-9-14(10-13)25-15-11-16(17(22)23)21(12-15)18(24)26-20(4,5)6/h7-10,15-16H,11-12H2,1-6H3,(H,22,23). The van der Waals surface area contributed by atoms with Crippen LogP contribution >= 0.6 is 0 Å². The van der Waals surface area contributed by atoms with E-state index in [2.05, 4.69) is 20.8 Å². The lowest BCUT2D eigenvalue weighted by Gasteiger charge is -2.26. The van der Waals surface area contributed by atoms with Gasteiger partial charge in [0.15, 0.2) is 0 Å². The Hall–Kier alpha value is -2.24. The number of aliphatic carboxylic acids is 1. The summed E-state index contributed by atoms with van der Waals surface area (Å²) in [5.74, 6) is -0.372. The molecule has 1 aromatic carbocycles. The number of amides is 1. The summed E-state index contributed by atoms with van der Waals surface area (Å²) in [4.78, 5) is 25.1. The minimum atomic E-state index is -1.05. The molecule has 1 aromatic rings. The number of carboxylic acid groups (broad SMARTS) is 1. The largest absolute Gasteiger partial charge is 0.488 e. The second-order valence-corrected chi connectivity index (χ2v) is 8.74. The van der Waals surface area contributed by atoms with E-state index < -0.39 is 23.7 Å². The van der Waals surface area contributed by atoms with E-state index in [9.17, 15) is 14.7 Å². The molecular formula is C20H29NO5. The van der Waals surface area contributed by atoms with E-state index in [4.69, 9.17) is 9.47 Å². The molecule has 6 nitrogen and oxygen atoms in total. The van der Waals surface area contributed by atoms with E-state index in [0.717, 1.165) is 5.56 Å². The first-order valence-corrected chi connectivity index (χ1v) is 8.86. The van der Waals surface area contributed by atoms with Crippen molar-refractivity contribution in [1.82, 2.24) is 4.90 Å². The average Bonchev–Trinajstić information content (AvgIpc) is 2.89. The molecule has 2 atom stereocenters. The second-order valence-electron chi connectivity index (χ2n) is 8.74. The first-order chi connectivity index (χ1) is 11.9. The van der Waals surface area contributed by atoms with Crippen LogP contribution < -0.4 is 4.74 Å². The van der Waals surface area contributed by atoms with Crippen molar-refractivity contribution in [3.63, 3.8) is 0 Å². The highest BCUT2D eigenvalue weighted by molar-refractivity contribution is 5.81. The average molecular weight is 363 g/mol. The third kappa shape index (κ3) is 5.13. The van der Waals surface area contributed by atoms with Crippen LogP contribution in [0.15, 0.2) is 24.3 Å². The number of carbonyl (C=O) groups is 2. The summed E-state index contributed by atoms with van der Waals surface area (Å²) in [6.45, 7) is 11.8. The van der Waals surface area contributed by atoms with Gasteiger partial charge >= 0.3 is 12.1 Å². The second kappa shape index (κ2) is 7.17. The van der Waals surface area contributed by atoms with Gasteiger partial charge in [-0.1, -0.05) is 32.9 Å². The maximum Gasteiger partial charge on any atom is 0.411 e. The maximum atomic E-state index is 12.3. The zero-order chi connectivity index (χ0) is 19.7. The summed E-state index contributed by atoms with van der Waals surface area (Å²) in [6.07, 6.45) is -0.785. The van der Waals surface area contributed by atoms with Crippen LogP contribution in [0.3, 0.4) is 0 Å². The van der Waals surface area contributed by atoms with Crippen molar-refractivity contribution in [2.45, 2.75) is 71.1 Å². The quantitative estimate of drug-likeness (QED) is 0.883. The number of likely N-dealkylation sites (tertiary alicyclic amines) is 1. The van der Waals surface area contributed by atoms with Crippen LogP contribution in [0.25, 0.3) is 0 Å². The minimum absolute atomic E-state index is 0.0127. The number of carbonyl (C=O) groups excluding carboxylic acids is 1. The van der Waals surface area contributed by atoms with E-state index >= 15 is 0 Å². The number of carboxylic acids is 1. The van der Waals surface area contributed by atoms with Crippen LogP contribution in [0.4, 0.5) is 4.79 Å². The van der Waals surface area contributed by atoms with E-state index in [1.54, 1.807) is 20.8 Å². The summed E-state index contributed by atoms with van der Waals surface area (Å²) in [5, 5.41) is 9.46. The van der Waals surface area contributed by atoms with Crippen molar-refractivity contribution in [1.29, 1.82) is 0 Å². The molecule has 2 unspecified atom stereocenters. The predicted octanol–water partition coefficient (Wildman–Crippen LogP) is 3.83. The molecule has 1 heterocycles. The number of rotatable bonds is 3. The van der Waals surface area contributed by atoms with E-state index in [0.29, 0.717) is 5.75 Å². The smallest absolute Gasteiger partial charge is 0.411 e. The Morgan fingerprint density at radius 3 is 2.35 bits per heavy atom. The lowest BCUT2D eigenvalue weighted by atomic mass is 9.87. The topological polar surface area (TPSA) is 76.1 Å². The molecule has 0 spiro atoms. The third-order valence-corrected chi connectivity index (χ3v) is 4.18. The number of nitrogens with zero attached hydrogens (tertiary/aromatic N) is 1. The Bertz CT molecular complexity index is 672. The van der Waals surface area contributed by atoms with Crippen LogP contribution in [-0.2, 0) is 14.9 Å². The van der Waals surface area contributed by atoms with Gasteiger partial charge in [0.05, 0.1) is 6.54 Å². The van der Waals surface area contributed by atoms with Crippen molar-refractivity contribution >= 4 is 12.1 Å². The fourth-order valence-corrected chi connectivity index (χ4v) is 2.87. The molecule has 1 saturated heterocycles. The molecule has 1 fully saturated rings. The molecule has 0 aromatic heterocycles. The molecule has 1 N–H and O–H groups in total. The number of hydrogen-bond acceptors (Lipinski definition) is 4. The molecule has 26 heavy (non-hydrogen) atoms. The highest BCUT2D eigenvalue weighted by atomic mass is 16.6. The third-order valence-electron chi connectivity index (χ3n) is 4.18. The van der Waals surface area contributed by atoms with Gasteiger partial charge in [-0.05, 0) is 43.9 Å². The number of benzene rings is 1. The fraction of sp³-hybridized carbons (Fsp3) is 0.600. The van der Waals surface area contributed by atoms with Crippen LogP contribution in [0, 0.1) is 0 Å². The Kier molecular flexibility index (Phi) is 5.54. The molecule has 144 valence electrons. The van der Waals surface area contributed by atoms with Crippen molar-refractivity contribution < 1.29 is 24.2 Å². The van der Waals surface area contributed by atoms with Gasteiger partial charge in [-0.3, -0.25) is 4.90 Å². The van der Waals surface area contributed by atoms with E-state index in [1.807, 2.05) is 24.3 Å². The first kappa shape index (κ1) is 20.1. The summed E-state index contributed by atoms with van der Waals surface area (Å²) in [7, 11) is 0. The van der Waals surface area contributed by atoms with Crippen LogP contribution in [0.2, 0.25) is 0 Å². The molecule has 0 radical (unpaired) electrons. The lowest BCUT2D eigenvalue weighted by Crippen LogP contribution is -2.43. The maximum absolute atomic E-state index is 12.3. The number of hydrogen-bond donors (Lipinski definition) is 1. The van der Waals surface area contributed by atoms with Gasteiger partial charge in [0.2, 0.25) is 0 Å². The highest BCUT2D eigenvalue weighted by Gasteiger charge is 2.42. The van der Waals surface area contributed by atoms with Gasteiger partial charge in [-0.15, -0.1) is 0 Å². The molecule has 1 aliphatic heterocycles. The van der Waals surface area contributed by atoms with Crippen molar-refractivity contribution in [3.8, 4) is 5.75 Å². The van der Waals surface area contributed by atoms with Crippen molar-refractivity contribution in [2.75, 3.05) is 6.54 Å². The molecule has 0 bridgehead atoms. The van der Waals surface area contributed by atoms with Crippen molar-refractivity contribution in [2.24, 2.45) is 0 Å². The highest BCUT2D eigenvalue weighted by Crippen LogP contribution is 2.29. The fourth-order valence-electron chi connectivity index (χ4n) is 2.87. The summed E-state index contributed by atoms with van der Waals surface area (Å²) < 4.78 is 11.3. The van der Waals surface area contributed by atoms with Gasteiger partial charge in [0.25, 0.3) is 0 Å². The first-order valence-electron chi connectivity index (χ1n) is 8.86. The van der Waals surface area contributed by atoms with E-state index in [-0.39, 0.29) is 24.5 Å². The zero-order valence-electron chi connectivity index (χ0n) is 16.4. The van der Waals surface area contributed by atoms with Crippen LogP contribution in [0.5, 0.6) is 5.75 Å². The number of ether oxygens (including phenoxy) is 2. The van der Waals surface area contributed by atoms with Gasteiger partial charge < -0.3 is 14.6 Å². The SMILES string of the molecule is CC(C)(C)OC(=O)N1CC(Oc2cccc(C(C)(C)C)c2)CC1C(=O)O. The Morgan fingerprint density at radius 1 is 1.15 bits per heavy atom. The molecule has 1 aliphatic rings. The minimum Gasteiger partial charge on any atom is -0.488 e. The van der Waals surface area contributed by atoms with Gasteiger partial charge in [0, 0.05) is 6.42 Å². The monoisotopic (exact) mass is 363 g/mol. The van der Waals surface area contributed by atoms with E-state index in [1.165, 1.54) is 4.90 Å². The normalized spacial score (nSPS) is 20.8. The molecular weight excluding hydrogens is 334 g/mol. The summed E-state index contributed by atoms with van der Waals surface area (Å²) in [6, 6.07) is 6.83. The molecule has 6 heteroatoms. The summed E-state index contributed by atoms with van der Waals surface area (Å²) >= 11 is 0. The van der Waals surface area contributed by atoms with Crippen LogP contribution in [0.1, 0.15) is 53.5 Å². The lowest BCUT2D eigenvalue weighted by molar-refractivity contribution is -0.142. The molecule has 0 aliphatic carbocycles. The Labute approximate surface area is 155 Å². The van der Waals surface area contributed by atoms with Gasteiger partial charge in [-0.25, -0.2) is 9.59 Å². The molecule has 0 saturated carbocycles.